The highest BCUT2D eigenvalue weighted by Crippen LogP contribution is 1.90. The van der Waals surface area contributed by atoms with Gasteiger partial charge in [0.2, 0.25) is 0 Å². The van der Waals surface area contributed by atoms with Crippen LogP contribution in [0.15, 0.2) is 4.99 Å². The Morgan fingerprint density at radius 2 is 2.08 bits per heavy atom. The van der Waals surface area contributed by atoms with Crippen LogP contribution in [0.1, 0.15) is 13.8 Å². The van der Waals surface area contributed by atoms with Crippen LogP contribution in [0.3, 0.4) is 0 Å². The first-order chi connectivity index (χ1) is 5.54. The summed E-state index contributed by atoms with van der Waals surface area (Å²) in [5.41, 5.74) is 10.4. The van der Waals surface area contributed by atoms with Crippen LogP contribution in [0.25, 0.3) is 0 Å². The van der Waals surface area contributed by atoms with Crippen LogP contribution >= 0.6 is 0 Å². The van der Waals surface area contributed by atoms with E-state index < -0.39 is 6.03 Å². The lowest BCUT2D eigenvalue weighted by Gasteiger charge is -2.03. The van der Waals surface area contributed by atoms with E-state index in [4.69, 9.17) is 11.5 Å². The maximum absolute atomic E-state index is 10.2. The molecular weight excluding hydrogens is 156 g/mol. The molecule has 0 aromatic rings. The molecule has 0 heterocycles. The number of hydrogen-bond acceptors (Lipinski definition) is 2. The highest BCUT2D eigenvalue weighted by molar-refractivity contribution is 5.82. The summed E-state index contributed by atoms with van der Waals surface area (Å²) in [4.78, 5) is 14.2. The molecule has 0 saturated carbocycles. The Hall–Kier alpha value is -1.26. The smallest absolute Gasteiger partial charge is 0.312 e. The third-order valence-corrected chi connectivity index (χ3v) is 1.30. The lowest BCUT2D eigenvalue weighted by Crippen LogP contribution is -2.32. The highest BCUT2D eigenvalue weighted by Gasteiger charge is 1.97. The van der Waals surface area contributed by atoms with Crippen molar-refractivity contribution in [3.05, 3.63) is 0 Å². The number of amidine groups is 1. The maximum Gasteiger partial charge on any atom is 0.312 e. The van der Waals surface area contributed by atoms with Crippen molar-refractivity contribution < 1.29 is 4.79 Å². The summed E-state index contributed by atoms with van der Waals surface area (Å²) in [6.07, 6.45) is 0. The average molecular weight is 172 g/mol. The van der Waals surface area contributed by atoms with Crippen molar-refractivity contribution in [2.75, 3.05) is 13.1 Å². The molecule has 5 heteroatoms. The summed E-state index contributed by atoms with van der Waals surface area (Å²) in [5.74, 6) is 0.847. The average Bonchev–Trinajstić information content (AvgIpc) is 1.97. The summed E-state index contributed by atoms with van der Waals surface area (Å²) in [7, 11) is 0. The molecule has 2 amide bonds. The Morgan fingerprint density at radius 3 is 2.50 bits per heavy atom. The van der Waals surface area contributed by atoms with Crippen molar-refractivity contribution >= 4 is 11.9 Å². The largest absolute Gasteiger partial charge is 0.387 e. The van der Waals surface area contributed by atoms with E-state index in [2.05, 4.69) is 10.3 Å². The number of aliphatic imine (C=N–C) groups is 1. The Kier molecular flexibility index (Phi) is 4.83. The number of carbonyl (C=O) groups excluding carboxylic acids is 1. The zero-order chi connectivity index (χ0) is 9.56. The van der Waals surface area contributed by atoms with Gasteiger partial charge in [0.25, 0.3) is 0 Å². The van der Waals surface area contributed by atoms with Crippen LogP contribution in [0.5, 0.6) is 0 Å². The molecule has 0 aromatic heterocycles. The van der Waals surface area contributed by atoms with E-state index in [-0.39, 0.29) is 5.92 Å². The summed E-state index contributed by atoms with van der Waals surface area (Å²) in [6.45, 7) is 4.83. The molecule has 0 rings (SSSR count). The zero-order valence-electron chi connectivity index (χ0n) is 7.50. The molecule has 0 atom stereocenters. The molecule has 0 bridgehead atoms. The van der Waals surface area contributed by atoms with E-state index in [0.717, 1.165) is 0 Å². The van der Waals surface area contributed by atoms with Crippen molar-refractivity contribution in [3.63, 3.8) is 0 Å². The second kappa shape index (κ2) is 5.40. The van der Waals surface area contributed by atoms with Gasteiger partial charge in [-0.2, -0.15) is 0 Å². The van der Waals surface area contributed by atoms with Crippen molar-refractivity contribution in [2.45, 2.75) is 13.8 Å². The summed E-state index contributed by atoms with van der Waals surface area (Å²) >= 11 is 0. The summed E-state index contributed by atoms with van der Waals surface area (Å²) < 4.78 is 0. The van der Waals surface area contributed by atoms with Gasteiger partial charge in [0.1, 0.15) is 0 Å². The Balaban J connectivity index is 3.53. The second-order valence-corrected chi connectivity index (χ2v) is 2.75. The molecule has 0 aliphatic carbocycles. The molecule has 0 fully saturated rings. The van der Waals surface area contributed by atoms with Gasteiger partial charge in [-0.05, 0) is 0 Å². The second-order valence-electron chi connectivity index (χ2n) is 2.75. The van der Waals surface area contributed by atoms with Gasteiger partial charge in [0.05, 0.1) is 12.4 Å². The number of rotatable bonds is 4. The molecule has 12 heavy (non-hydrogen) atoms. The summed E-state index contributed by atoms with van der Waals surface area (Å²) in [6, 6.07) is -0.534. The van der Waals surface area contributed by atoms with Crippen LogP contribution in [0.2, 0.25) is 0 Å². The Labute approximate surface area is 72.2 Å². The molecule has 0 radical (unpaired) electrons. The van der Waals surface area contributed by atoms with E-state index in [9.17, 15) is 4.79 Å². The third kappa shape index (κ3) is 5.52. The quantitative estimate of drug-likeness (QED) is 0.307. The lowest BCUT2D eigenvalue weighted by atomic mass is 10.2. The first-order valence-electron chi connectivity index (χ1n) is 3.87. The highest BCUT2D eigenvalue weighted by atomic mass is 16.2. The molecule has 0 aliphatic heterocycles. The van der Waals surface area contributed by atoms with E-state index in [1.165, 1.54) is 0 Å². The molecule has 5 nitrogen and oxygen atoms in total. The minimum atomic E-state index is -0.534. The van der Waals surface area contributed by atoms with Crippen molar-refractivity contribution in [1.29, 1.82) is 0 Å². The first kappa shape index (κ1) is 10.7. The van der Waals surface area contributed by atoms with Gasteiger partial charge in [-0.3, -0.25) is 4.99 Å². The fourth-order valence-electron chi connectivity index (χ4n) is 0.547. The van der Waals surface area contributed by atoms with Crippen LogP contribution in [0, 0.1) is 5.92 Å². The monoisotopic (exact) mass is 172 g/mol. The number of primary amides is 1. The van der Waals surface area contributed by atoms with Gasteiger partial charge in [-0.1, -0.05) is 13.8 Å². The summed E-state index contributed by atoms with van der Waals surface area (Å²) in [5, 5.41) is 2.42. The molecular formula is C7H16N4O. The van der Waals surface area contributed by atoms with Crippen molar-refractivity contribution in [3.8, 4) is 0 Å². The predicted octanol–water partition coefficient (Wildman–Crippen LogP) is -0.332. The van der Waals surface area contributed by atoms with Gasteiger partial charge in [-0.15, -0.1) is 0 Å². The predicted molar refractivity (Wildman–Crippen MR) is 48.9 cm³/mol. The molecule has 0 unspecified atom stereocenters. The van der Waals surface area contributed by atoms with E-state index in [1.807, 2.05) is 13.8 Å². The number of nitrogens with one attached hydrogen (secondary N) is 1. The van der Waals surface area contributed by atoms with E-state index in [1.54, 1.807) is 0 Å². The van der Waals surface area contributed by atoms with Crippen LogP contribution in [-0.4, -0.2) is 25.0 Å². The van der Waals surface area contributed by atoms with Crippen molar-refractivity contribution in [2.24, 2.45) is 22.4 Å². The standard InChI is InChI=1S/C7H16N4O/c1-5(2)6(8)10-3-4-11-7(9)12/h5H,3-4H2,1-2H3,(H2,8,10)(H3,9,11,12). The van der Waals surface area contributed by atoms with Gasteiger partial charge >= 0.3 is 6.03 Å². The topological polar surface area (TPSA) is 93.5 Å². The number of nitrogens with zero attached hydrogens (tertiary/aromatic N) is 1. The molecule has 0 spiro atoms. The number of hydrogen-bond donors (Lipinski definition) is 3. The number of nitrogens with two attached hydrogens (primary N) is 2. The zero-order valence-corrected chi connectivity index (χ0v) is 7.50. The number of urea groups is 1. The molecule has 5 N–H and O–H groups in total. The number of amides is 2. The van der Waals surface area contributed by atoms with Gasteiger partial charge in [0, 0.05) is 12.5 Å². The van der Waals surface area contributed by atoms with Crippen LogP contribution < -0.4 is 16.8 Å². The van der Waals surface area contributed by atoms with E-state index >= 15 is 0 Å². The minimum Gasteiger partial charge on any atom is -0.387 e. The molecule has 0 aliphatic rings. The normalized spacial score (nSPS) is 11.8. The van der Waals surface area contributed by atoms with Crippen molar-refractivity contribution in [1.82, 2.24) is 5.32 Å². The van der Waals surface area contributed by atoms with E-state index in [0.29, 0.717) is 18.9 Å². The first-order valence-corrected chi connectivity index (χ1v) is 3.87. The Morgan fingerprint density at radius 1 is 1.50 bits per heavy atom. The van der Waals surface area contributed by atoms with Gasteiger partial charge in [-0.25, -0.2) is 4.79 Å². The maximum atomic E-state index is 10.2. The number of carbonyl (C=O) groups is 1. The van der Waals surface area contributed by atoms with Crippen LogP contribution in [-0.2, 0) is 0 Å². The lowest BCUT2D eigenvalue weighted by molar-refractivity contribution is 0.249. The molecule has 70 valence electrons. The molecule has 0 aromatic carbocycles. The van der Waals surface area contributed by atoms with Crippen LogP contribution in [0.4, 0.5) is 4.79 Å². The van der Waals surface area contributed by atoms with Gasteiger partial charge in [0.15, 0.2) is 0 Å². The SMILES string of the molecule is CC(C)C(N)=NCCNC(N)=O. The Bertz CT molecular complexity index is 176. The van der Waals surface area contributed by atoms with Gasteiger partial charge < -0.3 is 16.8 Å². The third-order valence-electron chi connectivity index (χ3n) is 1.30. The fraction of sp³-hybridized carbons (Fsp3) is 0.714. The fourth-order valence-corrected chi connectivity index (χ4v) is 0.547. The minimum absolute atomic E-state index is 0.249. The molecule has 0 saturated heterocycles.